The maximum Gasteiger partial charge on any atom is 0.222 e. The molecule has 4 nitrogen and oxygen atoms in total. The van der Waals surface area contributed by atoms with Crippen molar-refractivity contribution in [2.75, 3.05) is 44.8 Å². The number of carbonyl (C=O) groups is 1. The summed E-state index contributed by atoms with van der Waals surface area (Å²) in [6, 6.07) is 0. The first-order chi connectivity index (χ1) is 8.75. The second kappa shape index (κ2) is 7.36. The van der Waals surface area contributed by atoms with Gasteiger partial charge in [-0.2, -0.15) is 11.8 Å². The molecule has 2 saturated heterocycles. The van der Waals surface area contributed by atoms with E-state index in [1.165, 1.54) is 24.3 Å². The van der Waals surface area contributed by atoms with Crippen LogP contribution in [0.3, 0.4) is 0 Å². The van der Waals surface area contributed by atoms with Crippen molar-refractivity contribution < 1.29 is 9.53 Å². The molecule has 0 aromatic heterocycles. The summed E-state index contributed by atoms with van der Waals surface area (Å²) in [4.78, 5) is 14.0. The Bertz CT molecular complexity index is 264. The molecular formula is C13H24N2O2S. The van der Waals surface area contributed by atoms with Gasteiger partial charge in [0.15, 0.2) is 0 Å². The van der Waals surface area contributed by atoms with Crippen molar-refractivity contribution in [1.82, 2.24) is 10.2 Å². The Labute approximate surface area is 114 Å². The van der Waals surface area contributed by atoms with Gasteiger partial charge < -0.3 is 15.0 Å². The summed E-state index contributed by atoms with van der Waals surface area (Å²) in [5.74, 6) is 3.32. The number of carbonyl (C=O) groups excluding carboxylic acids is 1. The number of nitrogens with one attached hydrogen (secondary N) is 1. The Hall–Kier alpha value is -0.260. The van der Waals surface area contributed by atoms with Crippen molar-refractivity contribution in [1.29, 1.82) is 0 Å². The molecule has 1 amide bonds. The van der Waals surface area contributed by atoms with Gasteiger partial charge in [0.2, 0.25) is 5.91 Å². The van der Waals surface area contributed by atoms with Crippen LogP contribution in [0.2, 0.25) is 0 Å². The van der Waals surface area contributed by atoms with Crippen molar-refractivity contribution in [3.8, 4) is 0 Å². The number of likely N-dealkylation sites (N-methyl/N-ethyl adjacent to an activating group) is 1. The molecule has 0 aliphatic carbocycles. The van der Waals surface area contributed by atoms with Gasteiger partial charge in [-0.15, -0.1) is 0 Å². The van der Waals surface area contributed by atoms with Crippen LogP contribution in [-0.4, -0.2) is 61.7 Å². The van der Waals surface area contributed by atoms with Gasteiger partial charge in [-0.1, -0.05) is 0 Å². The zero-order valence-corrected chi connectivity index (χ0v) is 12.0. The standard InChI is InChI=1S/C13H24N2O2S/c1-15(10-12-9-14-4-5-17-12)13(16)8-11-2-6-18-7-3-11/h11-12,14H,2-10H2,1H3. The molecule has 18 heavy (non-hydrogen) atoms. The highest BCUT2D eigenvalue weighted by atomic mass is 32.2. The maximum atomic E-state index is 12.1. The van der Waals surface area contributed by atoms with Crippen molar-refractivity contribution >= 4 is 17.7 Å². The molecule has 1 N–H and O–H groups in total. The first kappa shape index (κ1) is 14.2. The summed E-state index contributed by atoms with van der Waals surface area (Å²) in [6.07, 6.45) is 3.28. The minimum Gasteiger partial charge on any atom is -0.374 e. The van der Waals surface area contributed by atoms with Crippen LogP contribution >= 0.6 is 11.8 Å². The summed E-state index contributed by atoms with van der Waals surface area (Å²) in [5.41, 5.74) is 0. The molecule has 0 radical (unpaired) electrons. The fourth-order valence-electron chi connectivity index (χ4n) is 2.50. The normalized spacial score (nSPS) is 25.9. The number of morpholine rings is 1. The first-order valence-corrected chi connectivity index (χ1v) is 8.05. The van der Waals surface area contributed by atoms with Crippen LogP contribution in [0.15, 0.2) is 0 Å². The van der Waals surface area contributed by atoms with Gasteiger partial charge in [0.25, 0.3) is 0 Å². The SMILES string of the molecule is CN(CC1CNCCO1)C(=O)CC1CCSCC1. The summed E-state index contributed by atoms with van der Waals surface area (Å²) in [7, 11) is 1.90. The van der Waals surface area contributed by atoms with E-state index < -0.39 is 0 Å². The van der Waals surface area contributed by atoms with E-state index in [0.29, 0.717) is 12.5 Å². The Morgan fingerprint density at radius 3 is 2.89 bits per heavy atom. The Kier molecular flexibility index (Phi) is 5.79. The van der Waals surface area contributed by atoms with Crippen LogP contribution in [0.5, 0.6) is 0 Å². The van der Waals surface area contributed by atoms with Crippen molar-refractivity contribution in [2.24, 2.45) is 5.92 Å². The summed E-state index contributed by atoms with van der Waals surface area (Å²) in [5, 5.41) is 3.29. The lowest BCUT2D eigenvalue weighted by Crippen LogP contribution is -2.46. The molecule has 2 aliphatic rings. The van der Waals surface area contributed by atoms with Crippen LogP contribution in [0.25, 0.3) is 0 Å². The van der Waals surface area contributed by atoms with Crippen LogP contribution in [-0.2, 0) is 9.53 Å². The minimum absolute atomic E-state index is 0.162. The third kappa shape index (κ3) is 4.44. The third-order valence-corrected chi connectivity index (χ3v) is 4.76. The van der Waals surface area contributed by atoms with Gasteiger partial charge in [0.1, 0.15) is 0 Å². The molecule has 0 aromatic rings. The van der Waals surface area contributed by atoms with E-state index in [0.717, 1.165) is 26.1 Å². The smallest absolute Gasteiger partial charge is 0.222 e. The highest BCUT2D eigenvalue weighted by Gasteiger charge is 2.22. The van der Waals surface area contributed by atoms with E-state index in [9.17, 15) is 4.79 Å². The largest absolute Gasteiger partial charge is 0.374 e. The molecule has 0 bridgehead atoms. The maximum absolute atomic E-state index is 12.1. The van der Waals surface area contributed by atoms with E-state index in [1.807, 2.05) is 23.7 Å². The fourth-order valence-corrected chi connectivity index (χ4v) is 3.70. The van der Waals surface area contributed by atoms with E-state index in [1.54, 1.807) is 0 Å². The zero-order valence-electron chi connectivity index (χ0n) is 11.2. The number of amides is 1. The monoisotopic (exact) mass is 272 g/mol. The average Bonchev–Trinajstić information content (AvgIpc) is 2.41. The molecule has 0 saturated carbocycles. The number of hydrogen-bond acceptors (Lipinski definition) is 4. The molecule has 1 atom stereocenters. The van der Waals surface area contributed by atoms with Gasteiger partial charge in [0.05, 0.1) is 12.7 Å². The zero-order chi connectivity index (χ0) is 12.8. The molecule has 0 spiro atoms. The molecular weight excluding hydrogens is 248 g/mol. The summed E-state index contributed by atoms with van der Waals surface area (Å²) >= 11 is 2.01. The van der Waals surface area contributed by atoms with E-state index in [-0.39, 0.29) is 12.0 Å². The van der Waals surface area contributed by atoms with Crippen molar-refractivity contribution in [3.05, 3.63) is 0 Å². The van der Waals surface area contributed by atoms with Gasteiger partial charge in [-0.3, -0.25) is 4.79 Å². The molecule has 2 aliphatic heterocycles. The van der Waals surface area contributed by atoms with Crippen molar-refractivity contribution in [2.45, 2.75) is 25.4 Å². The Balaban J connectivity index is 1.69. The predicted octanol–water partition coefficient (Wildman–Crippen LogP) is 0.966. The molecule has 2 fully saturated rings. The van der Waals surface area contributed by atoms with Gasteiger partial charge in [-0.05, 0) is 30.3 Å². The highest BCUT2D eigenvalue weighted by Crippen LogP contribution is 2.25. The molecule has 1 unspecified atom stereocenters. The van der Waals surface area contributed by atoms with E-state index in [2.05, 4.69) is 5.32 Å². The fraction of sp³-hybridized carbons (Fsp3) is 0.923. The number of rotatable bonds is 4. The molecule has 5 heteroatoms. The number of thioether (sulfide) groups is 1. The number of hydrogen-bond donors (Lipinski definition) is 1. The molecule has 2 rings (SSSR count). The predicted molar refractivity (Wildman–Crippen MR) is 74.9 cm³/mol. The quantitative estimate of drug-likeness (QED) is 0.828. The Morgan fingerprint density at radius 2 is 2.22 bits per heavy atom. The molecule has 0 aromatic carbocycles. The van der Waals surface area contributed by atoms with Gasteiger partial charge in [-0.25, -0.2) is 0 Å². The third-order valence-electron chi connectivity index (χ3n) is 3.71. The number of nitrogens with zero attached hydrogens (tertiary/aromatic N) is 1. The lowest BCUT2D eigenvalue weighted by molar-refractivity contribution is -0.133. The van der Waals surface area contributed by atoms with E-state index in [4.69, 9.17) is 4.74 Å². The molecule has 104 valence electrons. The minimum atomic E-state index is 0.162. The first-order valence-electron chi connectivity index (χ1n) is 6.89. The topological polar surface area (TPSA) is 41.6 Å². The summed E-state index contributed by atoms with van der Waals surface area (Å²) < 4.78 is 5.63. The summed E-state index contributed by atoms with van der Waals surface area (Å²) in [6.45, 7) is 3.26. The lowest BCUT2D eigenvalue weighted by atomic mass is 9.98. The average molecular weight is 272 g/mol. The molecule has 2 heterocycles. The van der Waals surface area contributed by atoms with Crippen LogP contribution < -0.4 is 5.32 Å². The second-order valence-corrected chi connectivity index (χ2v) is 6.46. The van der Waals surface area contributed by atoms with Crippen LogP contribution in [0.1, 0.15) is 19.3 Å². The van der Waals surface area contributed by atoms with Gasteiger partial charge in [0, 0.05) is 33.1 Å². The van der Waals surface area contributed by atoms with E-state index >= 15 is 0 Å². The second-order valence-electron chi connectivity index (χ2n) is 5.23. The highest BCUT2D eigenvalue weighted by molar-refractivity contribution is 7.99. The van der Waals surface area contributed by atoms with Crippen molar-refractivity contribution in [3.63, 3.8) is 0 Å². The van der Waals surface area contributed by atoms with Gasteiger partial charge >= 0.3 is 0 Å². The van der Waals surface area contributed by atoms with Crippen LogP contribution in [0, 0.1) is 5.92 Å². The lowest BCUT2D eigenvalue weighted by Gasteiger charge is -2.29. The Morgan fingerprint density at radius 1 is 1.44 bits per heavy atom. The number of ether oxygens (including phenoxy) is 1. The van der Waals surface area contributed by atoms with Crippen LogP contribution in [0.4, 0.5) is 0 Å².